The zero-order chi connectivity index (χ0) is 22.9. The van der Waals surface area contributed by atoms with Gasteiger partial charge in [-0.05, 0) is 36.5 Å². The summed E-state index contributed by atoms with van der Waals surface area (Å²) in [5.41, 5.74) is 8.63. The van der Waals surface area contributed by atoms with Crippen LogP contribution in [-0.4, -0.2) is 37.6 Å². The Hall–Kier alpha value is -2.20. The number of nitrogens with two attached hydrogens (primary N) is 1. The number of hydrogen-bond acceptors (Lipinski definition) is 6. The molecule has 0 radical (unpaired) electrons. The number of carbonyl (C=O) groups excluding carboxylic acids is 1. The van der Waals surface area contributed by atoms with Crippen molar-refractivity contribution < 1.29 is 14.3 Å². The Morgan fingerprint density at radius 2 is 1.94 bits per heavy atom. The van der Waals surface area contributed by atoms with Crippen molar-refractivity contribution >= 4 is 29.0 Å². The van der Waals surface area contributed by atoms with Crippen LogP contribution >= 0.6 is 23.2 Å². The van der Waals surface area contributed by atoms with E-state index in [1.807, 2.05) is 11.8 Å². The van der Waals surface area contributed by atoms with Crippen molar-refractivity contribution in [2.75, 3.05) is 26.9 Å². The largest absolute Gasteiger partial charge is 0.491 e. The van der Waals surface area contributed by atoms with Crippen LogP contribution in [0.4, 0.5) is 0 Å². The van der Waals surface area contributed by atoms with E-state index in [-0.39, 0.29) is 11.2 Å². The van der Waals surface area contributed by atoms with Gasteiger partial charge in [-0.25, -0.2) is 0 Å². The van der Waals surface area contributed by atoms with Gasteiger partial charge >= 0.3 is 0 Å². The monoisotopic (exact) mass is 463 g/mol. The summed E-state index contributed by atoms with van der Waals surface area (Å²) < 4.78 is 10.8. The number of ether oxygens (including phenoxy) is 2. The molecule has 0 saturated carbocycles. The summed E-state index contributed by atoms with van der Waals surface area (Å²) >= 11 is 12.9. The minimum absolute atomic E-state index is 0.0000430. The number of nitriles is 1. The Bertz CT molecular complexity index is 985. The van der Waals surface area contributed by atoms with Crippen LogP contribution in [0.3, 0.4) is 0 Å². The molecule has 1 aromatic carbocycles. The van der Waals surface area contributed by atoms with Crippen LogP contribution in [0.5, 0.6) is 5.75 Å². The van der Waals surface area contributed by atoms with Gasteiger partial charge < -0.3 is 20.1 Å². The molecule has 3 rings (SSSR count). The summed E-state index contributed by atoms with van der Waals surface area (Å²) in [5.74, 6) is 0.0796. The lowest BCUT2D eigenvalue weighted by Gasteiger charge is -2.43. The number of allylic oxidation sites excluding steroid dienone is 3. The molecule has 1 aliphatic carbocycles. The van der Waals surface area contributed by atoms with Crippen LogP contribution < -0.4 is 10.5 Å². The van der Waals surface area contributed by atoms with Gasteiger partial charge in [-0.2, -0.15) is 5.26 Å². The Labute approximate surface area is 193 Å². The maximum atomic E-state index is 13.4. The lowest BCUT2D eigenvalue weighted by atomic mass is 9.68. The van der Waals surface area contributed by atoms with Gasteiger partial charge in [-0.3, -0.25) is 4.79 Å². The highest BCUT2D eigenvalue weighted by atomic mass is 35.5. The maximum absolute atomic E-state index is 13.4. The van der Waals surface area contributed by atoms with E-state index in [0.717, 1.165) is 5.70 Å². The Kier molecular flexibility index (Phi) is 6.90. The first-order chi connectivity index (χ1) is 14.6. The Balaban J connectivity index is 2.23. The number of halogens is 2. The SMILES string of the molecule is CCOc1c(Cl)cc([C@@H]2C(C#N)=C(N)N(CCOC)C3=C2C(=O)CC(C)(C)C3)cc1Cl. The number of benzene rings is 1. The second kappa shape index (κ2) is 9.12. The van der Waals surface area contributed by atoms with Gasteiger partial charge in [0.1, 0.15) is 5.82 Å². The molecule has 8 heteroatoms. The molecule has 0 aromatic heterocycles. The molecule has 2 N–H and O–H groups in total. The van der Waals surface area contributed by atoms with Crippen molar-refractivity contribution in [3.05, 3.63) is 50.4 Å². The van der Waals surface area contributed by atoms with E-state index < -0.39 is 5.92 Å². The number of hydrogen-bond donors (Lipinski definition) is 1. The van der Waals surface area contributed by atoms with Crippen molar-refractivity contribution in [3.63, 3.8) is 0 Å². The number of methoxy groups -OCH3 is 1. The third-order valence-corrected chi connectivity index (χ3v) is 6.21. The lowest BCUT2D eigenvalue weighted by Crippen LogP contribution is -2.43. The van der Waals surface area contributed by atoms with Crippen LogP contribution in [0, 0.1) is 16.7 Å². The van der Waals surface area contributed by atoms with Crippen molar-refractivity contribution in [2.45, 2.75) is 39.5 Å². The van der Waals surface area contributed by atoms with Gasteiger partial charge in [-0.15, -0.1) is 0 Å². The van der Waals surface area contributed by atoms with Gasteiger partial charge in [0.05, 0.1) is 40.8 Å². The predicted octanol–water partition coefficient (Wildman–Crippen LogP) is 4.77. The molecule has 2 aliphatic rings. The Morgan fingerprint density at radius 3 is 2.48 bits per heavy atom. The maximum Gasteiger partial charge on any atom is 0.162 e. The summed E-state index contributed by atoms with van der Waals surface area (Å²) in [6.07, 6.45) is 1.05. The molecule has 1 aromatic rings. The topological polar surface area (TPSA) is 88.6 Å². The zero-order valence-electron chi connectivity index (χ0n) is 18.2. The predicted molar refractivity (Wildman–Crippen MR) is 121 cm³/mol. The molecule has 1 heterocycles. The third kappa shape index (κ3) is 4.41. The highest BCUT2D eigenvalue weighted by Crippen LogP contribution is 2.50. The fourth-order valence-corrected chi connectivity index (χ4v) is 4.99. The van der Waals surface area contributed by atoms with Crippen LogP contribution in [0.1, 0.15) is 45.1 Å². The normalized spacial score (nSPS) is 20.6. The average Bonchev–Trinajstić information content (AvgIpc) is 2.68. The van der Waals surface area contributed by atoms with Crippen molar-refractivity contribution in [2.24, 2.45) is 11.1 Å². The molecule has 1 aliphatic heterocycles. The summed E-state index contributed by atoms with van der Waals surface area (Å²) in [6, 6.07) is 5.64. The van der Waals surface area contributed by atoms with E-state index in [1.165, 1.54) is 0 Å². The van der Waals surface area contributed by atoms with E-state index in [9.17, 15) is 10.1 Å². The fourth-order valence-electron chi connectivity index (χ4n) is 4.37. The van der Waals surface area contributed by atoms with Gasteiger partial charge in [0, 0.05) is 31.3 Å². The molecule has 0 saturated heterocycles. The van der Waals surface area contributed by atoms with Crippen molar-refractivity contribution in [1.29, 1.82) is 5.26 Å². The molecule has 6 nitrogen and oxygen atoms in total. The highest BCUT2D eigenvalue weighted by molar-refractivity contribution is 6.37. The molecule has 0 spiro atoms. The van der Waals surface area contributed by atoms with Gasteiger partial charge in [-0.1, -0.05) is 37.0 Å². The summed E-state index contributed by atoms with van der Waals surface area (Å²) in [6.45, 7) is 7.23. The zero-order valence-corrected chi connectivity index (χ0v) is 19.7. The summed E-state index contributed by atoms with van der Waals surface area (Å²) in [4.78, 5) is 15.2. The number of rotatable bonds is 6. The van der Waals surface area contributed by atoms with E-state index in [2.05, 4.69) is 19.9 Å². The smallest absolute Gasteiger partial charge is 0.162 e. The van der Waals surface area contributed by atoms with Crippen LogP contribution in [0.25, 0.3) is 0 Å². The average molecular weight is 464 g/mol. The van der Waals surface area contributed by atoms with Crippen molar-refractivity contribution in [1.82, 2.24) is 4.90 Å². The number of ketones is 1. The number of Topliss-reactive ketones (excluding diaryl/α,β-unsaturated/α-hetero) is 1. The van der Waals surface area contributed by atoms with Crippen LogP contribution in [-0.2, 0) is 9.53 Å². The first kappa shape index (κ1) is 23.5. The third-order valence-electron chi connectivity index (χ3n) is 5.65. The molecule has 0 unspecified atom stereocenters. The Morgan fingerprint density at radius 1 is 1.29 bits per heavy atom. The van der Waals surface area contributed by atoms with E-state index >= 15 is 0 Å². The van der Waals surface area contributed by atoms with E-state index in [1.54, 1.807) is 19.2 Å². The van der Waals surface area contributed by atoms with Crippen molar-refractivity contribution in [3.8, 4) is 11.8 Å². The first-order valence-corrected chi connectivity index (χ1v) is 10.9. The van der Waals surface area contributed by atoms with Gasteiger partial charge in [0.25, 0.3) is 0 Å². The van der Waals surface area contributed by atoms with Gasteiger partial charge in [0.15, 0.2) is 11.5 Å². The minimum atomic E-state index is -0.631. The molecule has 0 bridgehead atoms. The first-order valence-electron chi connectivity index (χ1n) is 10.2. The van der Waals surface area contributed by atoms with E-state index in [4.69, 9.17) is 38.4 Å². The second-order valence-electron chi connectivity index (χ2n) is 8.54. The quantitative estimate of drug-likeness (QED) is 0.652. The molecule has 0 fully saturated rings. The second-order valence-corrected chi connectivity index (χ2v) is 9.35. The van der Waals surface area contributed by atoms with Gasteiger partial charge in [0.2, 0.25) is 0 Å². The molecular weight excluding hydrogens is 437 g/mol. The van der Waals surface area contributed by atoms with E-state index in [0.29, 0.717) is 70.9 Å². The van der Waals surface area contributed by atoms with Crippen LogP contribution in [0.2, 0.25) is 10.0 Å². The lowest BCUT2D eigenvalue weighted by molar-refractivity contribution is -0.118. The highest BCUT2D eigenvalue weighted by Gasteiger charge is 2.44. The molecule has 1 atom stereocenters. The molecule has 31 heavy (non-hydrogen) atoms. The minimum Gasteiger partial charge on any atom is -0.491 e. The molecular formula is C23H27Cl2N3O3. The standard InChI is InChI=1S/C23H27Cl2N3O3/c1-5-31-21-15(24)8-13(9-16(21)25)19-14(12-26)22(27)28(6-7-30-4)17-10-23(2,3)11-18(29)20(17)19/h8-9,19H,5-7,10-11,27H2,1-4H3/t19-/m1/s1. The molecule has 0 amide bonds. The number of nitrogens with zero attached hydrogens (tertiary/aromatic N) is 2. The fraction of sp³-hybridized carbons (Fsp3) is 0.478. The van der Waals surface area contributed by atoms with Crippen LogP contribution in [0.15, 0.2) is 34.8 Å². The molecule has 166 valence electrons. The summed E-state index contributed by atoms with van der Waals surface area (Å²) in [5, 5.41) is 10.7. The summed E-state index contributed by atoms with van der Waals surface area (Å²) in [7, 11) is 1.60. The number of carbonyl (C=O) groups is 1.